The van der Waals surface area contributed by atoms with Gasteiger partial charge in [0.15, 0.2) is 0 Å². The Bertz CT molecular complexity index is 557. The van der Waals surface area contributed by atoms with Gasteiger partial charge in [0.05, 0.1) is 12.5 Å². The summed E-state index contributed by atoms with van der Waals surface area (Å²) in [5.41, 5.74) is 3.20. The van der Waals surface area contributed by atoms with Gasteiger partial charge in [-0.1, -0.05) is 25.1 Å². The molecule has 0 radical (unpaired) electrons. The zero-order valence-electron chi connectivity index (χ0n) is 13.5. The summed E-state index contributed by atoms with van der Waals surface area (Å²) < 4.78 is 4.92. The molecule has 0 aromatic heterocycles. The number of benzene rings is 1. The lowest BCUT2D eigenvalue weighted by atomic mass is 10.0. The van der Waals surface area contributed by atoms with Crippen molar-refractivity contribution in [2.24, 2.45) is 5.92 Å². The number of carbonyl (C=O) groups is 2. The molecule has 1 aliphatic rings. The molecule has 5 nitrogen and oxygen atoms in total. The molecule has 5 heteroatoms. The van der Waals surface area contributed by atoms with Crippen LogP contribution in [0.25, 0.3) is 0 Å². The lowest BCUT2D eigenvalue weighted by molar-refractivity contribution is -0.126. The first-order chi connectivity index (χ1) is 10.6. The van der Waals surface area contributed by atoms with Crippen molar-refractivity contribution in [3.05, 3.63) is 29.3 Å². The van der Waals surface area contributed by atoms with Gasteiger partial charge in [-0.05, 0) is 24.5 Å². The molecular formula is C17H24N2O3. The molecule has 1 heterocycles. The average Bonchev–Trinajstić information content (AvgIpc) is 2.88. The van der Waals surface area contributed by atoms with E-state index in [4.69, 9.17) is 4.74 Å². The van der Waals surface area contributed by atoms with Gasteiger partial charge in [-0.15, -0.1) is 0 Å². The number of para-hydroxylation sites is 1. The van der Waals surface area contributed by atoms with Crippen LogP contribution >= 0.6 is 0 Å². The normalized spacial score (nSPS) is 17.9. The number of rotatable bonds is 6. The maximum Gasteiger partial charge on any atom is 0.227 e. The van der Waals surface area contributed by atoms with E-state index in [1.54, 1.807) is 12.0 Å². The lowest BCUT2D eigenvalue weighted by Gasteiger charge is -2.22. The highest BCUT2D eigenvalue weighted by atomic mass is 16.5. The summed E-state index contributed by atoms with van der Waals surface area (Å²) in [4.78, 5) is 26.3. The van der Waals surface area contributed by atoms with Crippen LogP contribution < -0.4 is 10.2 Å². The smallest absolute Gasteiger partial charge is 0.227 e. The third-order valence-electron chi connectivity index (χ3n) is 4.07. The van der Waals surface area contributed by atoms with Crippen molar-refractivity contribution in [2.45, 2.75) is 26.7 Å². The highest BCUT2D eigenvalue weighted by Gasteiger charge is 2.36. The summed E-state index contributed by atoms with van der Waals surface area (Å²) in [5.74, 6) is -0.330. The third kappa shape index (κ3) is 3.47. The first-order valence-electron chi connectivity index (χ1n) is 7.74. The van der Waals surface area contributed by atoms with Gasteiger partial charge in [0.25, 0.3) is 0 Å². The van der Waals surface area contributed by atoms with Gasteiger partial charge in [0.1, 0.15) is 0 Å². The molecule has 22 heavy (non-hydrogen) atoms. The highest BCUT2D eigenvalue weighted by molar-refractivity contribution is 6.01. The van der Waals surface area contributed by atoms with E-state index in [0.29, 0.717) is 19.7 Å². The van der Waals surface area contributed by atoms with Crippen molar-refractivity contribution < 1.29 is 14.3 Å². The van der Waals surface area contributed by atoms with Crippen molar-refractivity contribution >= 4 is 17.5 Å². The Hall–Kier alpha value is -1.88. The first-order valence-corrected chi connectivity index (χ1v) is 7.74. The second-order valence-electron chi connectivity index (χ2n) is 5.63. The number of aryl methyl sites for hydroxylation is 2. The number of anilines is 1. The Kier molecular flexibility index (Phi) is 5.55. The van der Waals surface area contributed by atoms with Crippen molar-refractivity contribution in [3.8, 4) is 0 Å². The maximum absolute atomic E-state index is 12.4. The predicted octanol–water partition coefficient (Wildman–Crippen LogP) is 1.67. The standard InChI is InChI=1S/C17H24N2O3/c1-4-13-7-5-6-12(2)16(13)19-11-14(10-15(19)20)17(21)18-8-9-22-3/h5-7,14H,4,8-11H2,1-3H3,(H,18,21). The van der Waals surface area contributed by atoms with Crippen LogP contribution in [0.4, 0.5) is 5.69 Å². The number of hydrogen-bond acceptors (Lipinski definition) is 3. The molecule has 1 aromatic carbocycles. The second-order valence-corrected chi connectivity index (χ2v) is 5.63. The van der Waals surface area contributed by atoms with Gasteiger partial charge in [-0.25, -0.2) is 0 Å². The fourth-order valence-corrected chi connectivity index (χ4v) is 2.91. The topological polar surface area (TPSA) is 58.6 Å². The number of methoxy groups -OCH3 is 1. The van der Waals surface area contributed by atoms with Crippen molar-refractivity contribution in [3.63, 3.8) is 0 Å². The minimum absolute atomic E-state index is 0.0240. The van der Waals surface area contributed by atoms with E-state index in [1.165, 1.54) is 0 Å². The fraction of sp³-hybridized carbons (Fsp3) is 0.529. The van der Waals surface area contributed by atoms with E-state index in [0.717, 1.165) is 23.2 Å². The summed E-state index contributed by atoms with van der Waals surface area (Å²) in [6, 6.07) is 6.06. The molecule has 1 N–H and O–H groups in total. The van der Waals surface area contributed by atoms with Crippen LogP contribution in [-0.4, -0.2) is 38.6 Å². The number of ether oxygens (including phenoxy) is 1. The Morgan fingerprint density at radius 3 is 2.91 bits per heavy atom. The minimum Gasteiger partial charge on any atom is -0.383 e. The molecule has 120 valence electrons. The maximum atomic E-state index is 12.4. The van der Waals surface area contributed by atoms with Gasteiger partial charge in [0.2, 0.25) is 11.8 Å². The monoisotopic (exact) mass is 304 g/mol. The van der Waals surface area contributed by atoms with Crippen LogP contribution in [0.3, 0.4) is 0 Å². The van der Waals surface area contributed by atoms with Gasteiger partial charge < -0.3 is 15.0 Å². The predicted molar refractivity (Wildman–Crippen MR) is 85.9 cm³/mol. The molecule has 0 spiro atoms. The molecule has 1 fully saturated rings. The zero-order valence-corrected chi connectivity index (χ0v) is 13.5. The van der Waals surface area contributed by atoms with E-state index in [9.17, 15) is 9.59 Å². The van der Waals surface area contributed by atoms with Gasteiger partial charge >= 0.3 is 0 Å². The summed E-state index contributed by atoms with van der Waals surface area (Å²) in [6.45, 7) is 5.50. The van der Waals surface area contributed by atoms with Gasteiger partial charge in [-0.2, -0.15) is 0 Å². The quantitative estimate of drug-likeness (QED) is 0.813. The molecule has 1 aromatic rings. The van der Waals surface area contributed by atoms with Crippen molar-refractivity contribution in [1.29, 1.82) is 0 Å². The molecule has 2 amide bonds. The SMILES string of the molecule is CCc1cccc(C)c1N1CC(C(=O)NCCOC)CC1=O. The lowest BCUT2D eigenvalue weighted by Crippen LogP contribution is -2.35. The van der Waals surface area contributed by atoms with Crippen LogP contribution in [0, 0.1) is 12.8 Å². The van der Waals surface area contributed by atoms with Crippen LogP contribution in [0.1, 0.15) is 24.5 Å². The van der Waals surface area contributed by atoms with Gasteiger partial charge in [0, 0.05) is 32.3 Å². The summed E-state index contributed by atoms with van der Waals surface area (Å²) in [5, 5.41) is 2.82. The molecule has 0 saturated carbocycles. The third-order valence-corrected chi connectivity index (χ3v) is 4.07. The van der Waals surface area contributed by atoms with Gasteiger partial charge in [-0.3, -0.25) is 9.59 Å². The average molecular weight is 304 g/mol. The van der Waals surface area contributed by atoms with Crippen LogP contribution in [-0.2, 0) is 20.7 Å². The van der Waals surface area contributed by atoms with Crippen LogP contribution in [0.15, 0.2) is 18.2 Å². The number of amides is 2. The molecular weight excluding hydrogens is 280 g/mol. The summed E-state index contributed by atoms with van der Waals surface area (Å²) in [7, 11) is 1.59. The zero-order chi connectivity index (χ0) is 16.1. The fourth-order valence-electron chi connectivity index (χ4n) is 2.91. The number of carbonyl (C=O) groups excluding carboxylic acids is 2. The first kappa shape index (κ1) is 16.5. The van der Waals surface area contributed by atoms with Crippen molar-refractivity contribution in [1.82, 2.24) is 5.32 Å². The second kappa shape index (κ2) is 7.40. The molecule has 2 rings (SSSR count). The number of nitrogens with zero attached hydrogens (tertiary/aromatic N) is 1. The van der Waals surface area contributed by atoms with Crippen LogP contribution in [0.2, 0.25) is 0 Å². The molecule has 1 atom stereocenters. The largest absolute Gasteiger partial charge is 0.383 e. The number of hydrogen-bond donors (Lipinski definition) is 1. The van der Waals surface area contributed by atoms with E-state index in [1.807, 2.05) is 25.1 Å². The Morgan fingerprint density at radius 1 is 1.45 bits per heavy atom. The Morgan fingerprint density at radius 2 is 2.23 bits per heavy atom. The van der Waals surface area contributed by atoms with E-state index in [-0.39, 0.29) is 24.2 Å². The summed E-state index contributed by atoms with van der Waals surface area (Å²) in [6.07, 6.45) is 1.14. The molecule has 1 unspecified atom stereocenters. The molecule has 1 aliphatic heterocycles. The summed E-state index contributed by atoms with van der Waals surface area (Å²) >= 11 is 0. The Labute approximate surface area is 131 Å². The molecule has 0 bridgehead atoms. The minimum atomic E-state index is -0.284. The Balaban J connectivity index is 2.12. The van der Waals surface area contributed by atoms with E-state index in [2.05, 4.69) is 12.2 Å². The molecule has 1 saturated heterocycles. The number of nitrogens with one attached hydrogen (secondary N) is 1. The van der Waals surface area contributed by atoms with E-state index >= 15 is 0 Å². The van der Waals surface area contributed by atoms with Crippen LogP contribution in [0.5, 0.6) is 0 Å². The van der Waals surface area contributed by atoms with E-state index < -0.39 is 0 Å². The molecule has 0 aliphatic carbocycles. The van der Waals surface area contributed by atoms with Crippen molar-refractivity contribution in [2.75, 3.05) is 31.7 Å². The highest BCUT2D eigenvalue weighted by Crippen LogP contribution is 2.31.